The van der Waals surface area contributed by atoms with E-state index in [0.29, 0.717) is 6.42 Å². The number of aliphatic carboxylic acids is 1. The highest BCUT2D eigenvalue weighted by molar-refractivity contribution is 5.95. The summed E-state index contributed by atoms with van der Waals surface area (Å²) >= 11 is 0. The zero-order valence-electron chi connectivity index (χ0n) is 24.0. The van der Waals surface area contributed by atoms with Gasteiger partial charge in [-0.2, -0.15) is 0 Å². The minimum Gasteiger partial charge on any atom is -0.479 e. The molecular formula is C28H42N4O8. The average Bonchev–Trinajstić information content (AvgIpc) is 3.67. The van der Waals surface area contributed by atoms with Crippen molar-refractivity contribution in [3.63, 3.8) is 0 Å². The molecule has 1 heterocycles. The fraction of sp³-hybridized carbons (Fsp3) is 0.607. The van der Waals surface area contributed by atoms with Gasteiger partial charge in [0.25, 0.3) is 11.8 Å². The summed E-state index contributed by atoms with van der Waals surface area (Å²) in [5.41, 5.74) is 3.34. The van der Waals surface area contributed by atoms with Crippen LogP contribution in [-0.2, 0) is 35.3 Å². The third kappa shape index (κ3) is 10.8. The van der Waals surface area contributed by atoms with E-state index in [4.69, 9.17) is 14.6 Å². The van der Waals surface area contributed by atoms with Gasteiger partial charge < -0.3 is 25.2 Å². The van der Waals surface area contributed by atoms with E-state index in [9.17, 15) is 24.0 Å². The van der Waals surface area contributed by atoms with Gasteiger partial charge >= 0.3 is 12.1 Å². The van der Waals surface area contributed by atoms with Crippen LogP contribution in [0.15, 0.2) is 30.3 Å². The van der Waals surface area contributed by atoms with E-state index in [-0.39, 0.29) is 37.3 Å². The Kier molecular flexibility index (Phi) is 12.4. The Morgan fingerprint density at radius 3 is 1.93 bits per heavy atom. The van der Waals surface area contributed by atoms with E-state index in [2.05, 4.69) is 16.1 Å². The molecular weight excluding hydrogens is 520 g/mol. The Labute approximate surface area is 235 Å². The highest BCUT2D eigenvalue weighted by Crippen LogP contribution is 2.24. The molecule has 12 nitrogen and oxygen atoms in total. The van der Waals surface area contributed by atoms with Gasteiger partial charge in [-0.25, -0.2) is 9.59 Å². The van der Waals surface area contributed by atoms with Gasteiger partial charge in [0, 0.05) is 6.54 Å². The molecule has 40 heavy (non-hydrogen) atoms. The summed E-state index contributed by atoms with van der Waals surface area (Å²) in [6.07, 6.45) is -2.65. The Morgan fingerprint density at radius 1 is 0.850 bits per heavy atom. The summed E-state index contributed by atoms with van der Waals surface area (Å²) in [5.74, 6) is -3.15. The molecule has 1 saturated heterocycles. The van der Waals surface area contributed by atoms with Crippen LogP contribution in [0, 0.1) is 17.8 Å². The number of rotatable bonds is 14. The molecule has 1 aromatic rings. The van der Waals surface area contributed by atoms with Crippen LogP contribution in [0.3, 0.4) is 0 Å². The molecule has 0 saturated carbocycles. The lowest BCUT2D eigenvalue weighted by atomic mass is 10.0. The van der Waals surface area contributed by atoms with Gasteiger partial charge in [0.1, 0.15) is 18.7 Å². The number of nitrogens with one attached hydrogen (secondary N) is 3. The van der Waals surface area contributed by atoms with Gasteiger partial charge in [-0.05, 0) is 36.2 Å². The summed E-state index contributed by atoms with van der Waals surface area (Å²) in [6.45, 7) is 11.4. The first-order chi connectivity index (χ1) is 18.8. The topological polar surface area (TPSA) is 167 Å². The Morgan fingerprint density at radius 2 is 1.43 bits per heavy atom. The second-order valence-electron chi connectivity index (χ2n) is 11.2. The van der Waals surface area contributed by atoms with E-state index in [1.54, 1.807) is 0 Å². The number of epoxide rings is 1. The number of ether oxygens (including phenoxy) is 2. The highest BCUT2D eigenvalue weighted by atomic mass is 16.6. The summed E-state index contributed by atoms with van der Waals surface area (Å²) in [4.78, 5) is 63.1. The number of amides is 4. The van der Waals surface area contributed by atoms with Crippen LogP contribution in [0.4, 0.5) is 4.79 Å². The molecule has 4 atom stereocenters. The molecule has 0 spiro atoms. The second kappa shape index (κ2) is 15.2. The summed E-state index contributed by atoms with van der Waals surface area (Å²) in [6, 6.07) is 7.13. The zero-order valence-corrected chi connectivity index (χ0v) is 24.0. The van der Waals surface area contributed by atoms with E-state index in [1.807, 2.05) is 71.9 Å². The molecule has 1 fully saturated rings. The first-order valence-electron chi connectivity index (χ1n) is 13.6. The number of carbonyl (C=O) groups excluding carboxylic acids is 4. The van der Waals surface area contributed by atoms with E-state index in [1.165, 1.54) is 0 Å². The molecule has 2 rings (SSSR count). The van der Waals surface area contributed by atoms with Gasteiger partial charge in [-0.3, -0.25) is 24.8 Å². The number of carbonyl (C=O) groups is 5. The SMILES string of the molecule is CC(C)C[C@H](NC(=O)OCc1ccccc1)C(=O)N[C@@H](CC(C)C)C(=O)NN(CC(C)C)C(=O)[C@H]1O[C@@H]1C(=O)O. The van der Waals surface area contributed by atoms with Crippen molar-refractivity contribution in [3.8, 4) is 0 Å². The zero-order chi connectivity index (χ0) is 30.0. The summed E-state index contributed by atoms with van der Waals surface area (Å²) in [7, 11) is 0. The minimum absolute atomic E-state index is 0.000743. The predicted octanol–water partition coefficient (Wildman–Crippen LogP) is 2.23. The van der Waals surface area contributed by atoms with Crippen molar-refractivity contribution in [1.29, 1.82) is 0 Å². The Balaban J connectivity index is 2.10. The molecule has 0 aliphatic carbocycles. The standard InChI is InChI=1S/C28H42N4O8/c1-16(2)12-20(30-28(38)39-15-19-10-8-7-9-11-19)24(33)29-21(13-17(3)4)25(34)31-32(14-18(5)6)26(35)22-23(40-22)27(36)37/h7-11,16-18,20-23H,12-15H2,1-6H3,(H,29,33)(H,30,38)(H,31,34)(H,36,37)/t20-,21-,22-,23-/m0/s1. The van der Waals surface area contributed by atoms with Crippen molar-refractivity contribution >= 4 is 29.8 Å². The number of carboxylic acid groups (broad SMARTS) is 1. The number of nitrogens with zero attached hydrogens (tertiary/aromatic N) is 1. The fourth-order valence-electron chi connectivity index (χ4n) is 3.99. The van der Waals surface area contributed by atoms with Crippen molar-refractivity contribution < 1.29 is 38.6 Å². The van der Waals surface area contributed by atoms with Crippen LogP contribution in [0.25, 0.3) is 0 Å². The normalized spacial score (nSPS) is 17.6. The number of carboxylic acids is 1. The summed E-state index contributed by atoms with van der Waals surface area (Å²) in [5, 5.41) is 15.5. The van der Waals surface area contributed by atoms with Crippen molar-refractivity contribution in [2.45, 2.75) is 85.3 Å². The predicted molar refractivity (Wildman–Crippen MR) is 145 cm³/mol. The number of alkyl carbamates (subject to hydrolysis) is 1. The highest BCUT2D eigenvalue weighted by Gasteiger charge is 2.52. The lowest BCUT2D eigenvalue weighted by Gasteiger charge is -2.29. The van der Waals surface area contributed by atoms with Crippen LogP contribution in [-0.4, -0.2) is 70.7 Å². The number of benzene rings is 1. The smallest absolute Gasteiger partial charge is 0.408 e. The quantitative estimate of drug-likeness (QED) is 0.198. The molecule has 0 bridgehead atoms. The molecule has 1 aliphatic rings. The first-order valence-corrected chi connectivity index (χ1v) is 13.6. The maximum Gasteiger partial charge on any atom is 0.408 e. The maximum absolute atomic E-state index is 13.3. The van der Waals surface area contributed by atoms with Gasteiger partial charge in [-0.15, -0.1) is 0 Å². The van der Waals surface area contributed by atoms with Gasteiger partial charge in [0.15, 0.2) is 12.2 Å². The molecule has 1 aromatic carbocycles. The molecule has 1 aliphatic heterocycles. The molecule has 222 valence electrons. The molecule has 0 radical (unpaired) electrons. The number of hydrogen-bond acceptors (Lipinski definition) is 7. The maximum atomic E-state index is 13.3. The molecule has 4 amide bonds. The molecule has 0 unspecified atom stereocenters. The van der Waals surface area contributed by atoms with Crippen LogP contribution in [0.5, 0.6) is 0 Å². The van der Waals surface area contributed by atoms with Crippen molar-refractivity contribution in [3.05, 3.63) is 35.9 Å². The third-order valence-electron chi connectivity index (χ3n) is 5.91. The molecule has 4 N–H and O–H groups in total. The lowest BCUT2D eigenvalue weighted by Crippen LogP contribution is -2.58. The Bertz CT molecular complexity index is 1030. The number of hydrogen-bond donors (Lipinski definition) is 4. The molecule has 0 aromatic heterocycles. The van der Waals surface area contributed by atoms with Crippen molar-refractivity contribution in [1.82, 2.24) is 21.1 Å². The van der Waals surface area contributed by atoms with E-state index < -0.39 is 54.1 Å². The lowest BCUT2D eigenvalue weighted by molar-refractivity contribution is -0.145. The van der Waals surface area contributed by atoms with E-state index in [0.717, 1.165) is 10.6 Å². The van der Waals surface area contributed by atoms with Crippen molar-refractivity contribution in [2.24, 2.45) is 17.8 Å². The van der Waals surface area contributed by atoms with Crippen LogP contribution in [0.2, 0.25) is 0 Å². The summed E-state index contributed by atoms with van der Waals surface area (Å²) < 4.78 is 10.2. The monoisotopic (exact) mass is 562 g/mol. The third-order valence-corrected chi connectivity index (χ3v) is 5.91. The van der Waals surface area contributed by atoms with Gasteiger partial charge in [0.05, 0.1) is 0 Å². The largest absolute Gasteiger partial charge is 0.479 e. The fourth-order valence-corrected chi connectivity index (χ4v) is 3.99. The number of hydrazine groups is 1. The van der Waals surface area contributed by atoms with E-state index >= 15 is 0 Å². The second-order valence-corrected chi connectivity index (χ2v) is 11.2. The van der Waals surface area contributed by atoms with Crippen LogP contribution >= 0.6 is 0 Å². The van der Waals surface area contributed by atoms with Crippen LogP contribution in [0.1, 0.15) is 59.9 Å². The molecule has 12 heteroatoms. The average molecular weight is 563 g/mol. The van der Waals surface area contributed by atoms with Gasteiger partial charge in [0.2, 0.25) is 5.91 Å². The minimum atomic E-state index is -1.26. The van der Waals surface area contributed by atoms with Gasteiger partial charge in [-0.1, -0.05) is 71.9 Å². The van der Waals surface area contributed by atoms with Crippen molar-refractivity contribution in [2.75, 3.05) is 6.54 Å². The van der Waals surface area contributed by atoms with Crippen LogP contribution < -0.4 is 16.1 Å². The Hall–Kier alpha value is -3.67. The first kappa shape index (κ1) is 32.5.